The maximum atomic E-state index is 11.6. The molecule has 110 valence electrons. The molecule has 0 heterocycles. The van der Waals surface area contributed by atoms with Gasteiger partial charge in [0.2, 0.25) is 10.0 Å². The zero-order chi connectivity index (χ0) is 14.8. The van der Waals surface area contributed by atoms with E-state index in [4.69, 9.17) is 9.84 Å². The van der Waals surface area contributed by atoms with Gasteiger partial charge in [0.1, 0.15) is 0 Å². The van der Waals surface area contributed by atoms with Crippen LogP contribution in [0, 0.1) is 11.8 Å². The van der Waals surface area contributed by atoms with E-state index in [1.54, 1.807) is 0 Å². The number of aliphatic hydroxyl groups excluding tert-OH is 1. The zero-order valence-electron chi connectivity index (χ0n) is 11.4. The maximum Gasteiger partial charge on any atom is 0.214 e. The van der Waals surface area contributed by atoms with E-state index in [1.165, 1.54) is 7.11 Å². The molecule has 2 N–H and O–H groups in total. The molecule has 0 radical (unpaired) electrons. The molecule has 0 saturated heterocycles. The van der Waals surface area contributed by atoms with Crippen LogP contribution in [0.4, 0.5) is 0 Å². The monoisotopic (exact) mass is 297 g/mol. The molecule has 5 nitrogen and oxygen atoms in total. The third-order valence-corrected chi connectivity index (χ3v) is 3.74. The van der Waals surface area contributed by atoms with E-state index >= 15 is 0 Å². The quantitative estimate of drug-likeness (QED) is 0.718. The fourth-order valence-electron chi connectivity index (χ4n) is 1.44. The Bertz CT molecular complexity index is 572. The Labute approximate surface area is 120 Å². The van der Waals surface area contributed by atoms with E-state index in [0.29, 0.717) is 6.42 Å². The minimum absolute atomic E-state index is 0.0337. The molecular weight excluding hydrogens is 278 g/mol. The van der Waals surface area contributed by atoms with Crippen molar-refractivity contribution in [2.45, 2.75) is 13.0 Å². The lowest BCUT2D eigenvalue weighted by atomic mass is 10.1. The molecule has 6 heteroatoms. The molecule has 0 aliphatic rings. The second kappa shape index (κ2) is 8.72. The number of sulfonamides is 1. The summed E-state index contributed by atoms with van der Waals surface area (Å²) in [4.78, 5) is 0. The summed E-state index contributed by atoms with van der Waals surface area (Å²) in [6.07, 6.45) is 0.424. The van der Waals surface area contributed by atoms with E-state index in [0.717, 1.165) is 11.1 Å². The van der Waals surface area contributed by atoms with Gasteiger partial charge in [-0.25, -0.2) is 13.1 Å². The largest absolute Gasteiger partial charge is 0.395 e. The van der Waals surface area contributed by atoms with Crippen LogP contribution in [0.2, 0.25) is 0 Å². The summed E-state index contributed by atoms with van der Waals surface area (Å²) < 4.78 is 30.5. The first-order chi connectivity index (χ1) is 9.57. The average molecular weight is 297 g/mol. The van der Waals surface area contributed by atoms with E-state index in [9.17, 15) is 8.42 Å². The predicted octanol–water partition coefficient (Wildman–Crippen LogP) is 0.486. The number of benzene rings is 1. The summed E-state index contributed by atoms with van der Waals surface area (Å²) in [5, 5.41) is 8.65. The Balaban J connectivity index is 2.61. The van der Waals surface area contributed by atoms with Crippen LogP contribution < -0.4 is 4.72 Å². The van der Waals surface area contributed by atoms with Gasteiger partial charge in [0, 0.05) is 25.6 Å². The molecule has 0 aliphatic carbocycles. The number of hydrogen-bond donors (Lipinski definition) is 2. The first-order valence-corrected chi connectivity index (χ1v) is 7.87. The van der Waals surface area contributed by atoms with E-state index in [2.05, 4.69) is 16.6 Å². The van der Waals surface area contributed by atoms with Gasteiger partial charge in [-0.2, -0.15) is 0 Å². The van der Waals surface area contributed by atoms with Crippen molar-refractivity contribution in [1.82, 2.24) is 4.72 Å². The molecule has 0 unspecified atom stereocenters. The maximum absolute atomic E-state index is 11.6. The van der Waals surface area contributed by atoms with Crippen LogP contribution in [-0.2, 0) is 21.3 Å². The molecule has 0 aliphatic heterocycles. The number of ether oxygens (including phenoxy) is 1. The normalized spacial score (nSPS) is 10.9. The Morgan fingerprint density at radius 1 is 1.40 bits per heavy atom. The number of nitrogens with one attached hydrogen (secondary N) is 1. The van der Waals surface area contributed by atoms with E-state index in [1.807, 2.05) is 24.3 Å². The fourth-order valence-corrected chi connectivity index (χ4v) is 2.36. The van der Waals surface area contributed by atoms with Crippen LogP contribution >= 0.6 is 0 Å². The zero-order valence-corrected chi connectivity index (χ0v) is 12.2. The van der Waals surface area contributed by atoms with Gasteiger partial charge in [0.25, 0.3) is 0 Å². The molecule has 0 bridgehead atoms. The Morgan fingerprint density at radius 3 is 2.90 bits per heavy atom. The minimum atomic E-state index is -3.32. The lowest BCUT2D eigenvalue weighted by Crippen LogP contribution is -2.27. The molecule has 1 rings (SSSR count). The lowest BCUT2D eigenvalue weighted by molar-refractivity contribution is 0.217. The highest BCUT2D eigenvalue weighted by molar-refractivity contribution is 7.89. The predicted molar refractivity (Wildman–Crippen MR) is 77.5 cm³/mol. The van der Waals surface area contributed by atoms with Crippen molar-refractivity contribution in [2.75, 3.05) is 26.1 Å². The Morgan fingerprint density at radius 2 is 2.20 bits per heavy atom. The van der Waals surface area contributed by atoms with Crippen molar-refractivity contribution in [3.05, 3.63) is 35.4 Å². The number of aliphatic hydroxyl groups is 1. The summed E-state index contributed by atoms with van der Waals surface area (Å²) in [5.41, 5.74) is 1.63. The standard InChI is InChI=1S/C14H19NO4S/c1-19-9-10-20(17,18)15-12-14-7-4-6-13(11-14)5-2-3-8-16/h4,6-7,11,15-16H,3,8-10,12H2,1H3. The molecule has 0 amide bonds. The second-order valence-corrected chi connectivity index (χ2v) is 6.03. The molecule has 0 fully saturated rings. The fraction of sp³-hybridized carbons (Fsp3) is 0.429. The van der Waals surface area contributed by atoms with E-state index in [-0.39, 0.29) is 25.5 Å². The lowest BCUT2D eigenvalue weighted by Gasteiger charge is -2.06. The molecule has 1 aromatic rings. The van der Waals surface area contributed by atoms with Crippen LogP contribution in [0.5, 0.6) is 0 Å². The third kappa shape index (κ3) is 6.68. The van der Waals surface area contributed by atoms with Crippen molar-refractivity contribution in [3.8, 4) is 11.8 Å². The molecule has 0 spiro atoms. The summed E-state index contributed by atoms with van der Waals surface area (Å²) in [5.74, 6) is 5.68. The molecule has 20 heavy (non-hydrogen) atoms. The van der Waals surface area contributed by atoms with Crippen LogP contribution in [0.15, 0.2) is 24.3 Å². The summed E-state index contributed by atoms with van der Waals surface area (Å²) in [6, 6.07) is 7.31. The van der Waals surface area contributed by atoms with Crippen LogP contribution in [-0.4, -0.2) is 39.6 Å². The second-order valence-electron chi connectivity index (χ2n) is 4.11. The SMILES string of the molecule is COCCS(=O)(=O)NCc1cccc(C#CCCO)c1. The van der Waals surface area contributed by atoms with Crippen LogP contribution in [0.1, 0.15) is 17.5 Å². The van der Waals surface area contributed by atoms with Crippen LogP contribution in [0.3, 0.4) is 0 Å². The van der Waals surface area contributed by atoms with Crippen molar-refractivity contribution < 1.29 is 18.3 Å². The first kappa shape index (κ1) is 16.7. The topological polar surface area (TPSA) is 75.6 Å². The molecular formula is C14H19NO4S. The summed E-state index contributed by atoms with van der Waals surface area (Å²) in [7, 11) is -1.86. The molecule has 1 aromatic carbocycles. The first-order valence-electron chi connectivity index (χ1n) is 6.22. The van der Waals surface area contributed by atoms with Gasteiger partial charge >= 0.3 is 0 Å². The summed E-state index contributed by atoms with van der Waals surface area (Å²) in [6.45, 7) is 0.426. The van der Waals surface area contributed by atoms with Crippen molar-refractivity contribution in [3.63, 3.8) is 0 Å². The smallest absolute Gasteiger partial charge is 0.214 e. The Hall–Kier alpha value is -1.39. The molecule has 0 saturated carbocycles. The molecule has 0 aromatic heterocycles. The third-order valence-electron chi connectivity index (χ3n) is 2.45. The highest BCUT2D eigenvalue weighted by atomic mass is 32.2. The summed E-state index contributed by atoms with van der Waals surface area (Å²) >= 11 is 0. The highest BCUT2D eigenvalue weighted by Gasteiger charge is 2.09. The van der Waals surface area contributed by atoms with Gasteiger partial charge in [-0.1, -0.05) is 24.0 Å². The highest BCUT2D eigenvalue weighted by Crippen LogP contribution is 2.04. The van der Waals surface area contributed by atoms with Crippen LogP contribution in [0.25, 0.3) is 0 Å². The average Bonchev–Trinajstić information content (AvgIpc) is 2.44. The number of rotatable bonds is 7. The van der Waals surface area contributed by atoms with Gasteiger partial charge in [-0.15, -0.1) is 0 Å². The van der Waals surface area contributed by atoms with Gasteiger partial charge < -0.3 is 9.84 Å². The van der Waals surface area contributed by atoms with Gasteiger partial charge in [0.15, 0.2) is 0 Å². The van der Waals surface area contributed by atoms with Gasteiger partial charge in [-0.3, -0.25) is 0 Å². The Kier molecular flexibility index (Phi) is 7.26. The van der Waals surface area contributed by atoms with Crippen molar-refractivity contribution in [2.24, 2.45) is 0 Å². The number of hydrogen-bond acceptors (Lipinski definition) is 4. The van der Waals surface area contributed by atoms with Gasteiger partial charge in [0.05, 0.1) is 19.0 Å². The molecule has 0 atom stereocenters. The van der Waals surface area contributed by atoms with Gasteiger partial charge in [-0.05, 0) is 17.7 Å². The number of methoxy groups -OCH3 is 1. The van der Waals surface area contributed by atoms with Crippen molar-refractivity contribution >= 4 is 10.0 Å². The minimum Gasteiger partial charge on any atom is -0.395 e. The van der Waals surface area contributed by atoms with Crippen molar-refractivity contribution in [1.29, 1.82) is 0 Å². The van der Waals surface area contributed by atoms with E-state index < -0.39 is 10.0 Å².